The molecule has 0 aliphatic heterocycles. The van der Waals surface area contributed by atoms with Gasteiger partial charge in [-0.25, -0.2) is 0 Å². The average molecular weight is 413 g/mol. The smallest absolute Gasteiger partial charge is 0.122 e. The fourth-order valence-corrected chi connectivity index (χ4v) is 3.42. The number of aliphatic hydroxyl groups excluding tert-OH is 1. The molecule has 1 aromatic rings. The molecule has 125 valence electrons. The molecule has 0 unspecified atom stereocenters. The zero-order chi connectivity index (χ0) is 15.9. The van der Waals surface area contributed by atoms with Crippen LogP contribution in [0.15, 0.2) is 36.4 Å². The molecule has 0 saturated heterocycles. The number of allylic oxidation sites excluding steroid dienone is 2. The van der Waals surface area contributed by atoms with Gasteiger partial charge in [-0.3, -0.25) is 0 Å². The fraction of sp³-hybridized carbons (Fsp3) is 0.500. The van der Waals surface area contributed by atoms with Gasteiger partial charge in [-0.05, 0) is 30.9 Å². The number of aliphatic hydroxyl groups is 1. The van der Waals surface area contributed by atoms with Gasteiger partial charge < -0.3 is 21.9 Å². The van der Waals surface area contributed by atoms with E-state index in [0.717, 1.165) is 19.3 Å². The molecular weight excluding hydrogens is 389 g/mol. The minimum Gasteiger partial charge on any atom is -0.508 e. The van der Waals surface area contributed by atoms with Crippen molar-refractivity contribution in [3.05, 3.63) is 43.3 Å². The third-order valence-electron chi connectivity index (χ3n) is 4.18. The molecule has 1 saturated carbocycles. The second kappa shape index (κ2) is 10.7. The Morgan fingerprint density at radius 2 is 2.09 bits per heavy atom. The van der Waals surface area contributed by atoms with Crippen molar-refractivity contribution in [2.45, 2.75) is 37.2 Å². The van der Waals surface area contributed by atoms with Crippen molar-refractivity contribution < 1.29 is 47.7 Å². The van der Waals surface area contributed by atoms with Gasteiger partial charge in [0.15, 0.2) is 0 Å². The van der Waals surface area contributed by atoms with Crippen LogP contribution < -0.4 is 4.74 Å². The zero-order valence-electron chi connectivity index (χ0n) is 13.3. The molecule has 1 aliphatic rings. The minimum absolute atomic E-state index is 0. The molecule has 4 atom stereocenters. The van der Waals surface area contributed by atoms with Crippen LogP contribution >= 0.6 is 11.6 Å². The Labute approximate surface area is 169 Å². The Kier molecular flexibility index (Phi) is 9.76. The van der Waals surface area contributed by atoms with Gasteiger partial charge in [-0.15, -0.1) is 11.6 Å². The molecule has 0 amide bonds. The molecule has 1 fully saturated rings. The molecule has 2 rings (SSSR count). The van der Waals surface area contributed by atoms with E-state index in [9.17, 15) is 10.2 Å². The summed E-state index contributed by atoms with van der Waals surface area (Å²) in [6, 6.07) is 6.70. The van der Waals surface area contributed by atoms with Crippen LogP contribution in [-0.4, -0.2) is 28.3 Å². The van der Waals surface area contributed by atoms with E-state index in [1.165, 1.54) is 0 Å². The molecule has 1 aromatic carbocycles. The molecule has 23 heavy (non-hydrogen) atoms. The first-order chi connectivity index (χ1) is 10.6. The molecule has 1 radical (unpaired) electrons. The summed E-state index contributed by atoms with van der Waals surface area (Å²) in [6.07, 6.45) is 7.11. The number of phenolic OH excluding ortho intramolecular Hbond substituents is 1. The Bertz CT molecular complexity index is 495. The van der Waals surface area contributed by atoms with E-state index in [1.54, 1.807) is 24.3 Å². The van der Waals surface area contributed by atoms with Crippen LogP contribution in [0.1, 0.15) is 25.7 Å². The minimum atomic E-state index is -0.439. The number of rotatable bonds is 7. The van der Waals surface area contributed by atoms with E-state index in [-0.39, 0.29) is 55.7 Å². The van der Waals surface area contributed by atoms with Gasteiger partial charge in [-0.1, -0.05) is 24.6 Å². The fourth-order valence-electron chi connectivity index (χ4n) is 2.95. The summed E-state index contributed by atoms with van der Waals surface area (Å²) >= 11 is 6.39. The summed E-state index contributed by atoms with van der Waals surface area (Å²) < 4.78 is 5.73. The van der Waals surface area contributed by atoms with Crippen LogP contribution in [0.2, 0.25) is 0 Å². The van der Waals surface area contributed by atoms with E-state index in [2.05, 4.69) is 19.1 Å². The van der Waals surface area contributed by atoms with Crippen molar-refractivity contribution in [1.82, 2.24) is 0 Å². The second-order valence-electron chi connectivity index (χ2n) is 5.80. The molecule has 0 heterocycles. The Morgan fingerprint density at radius 3 is 2.78 bits per heavy atom. The molecule has 0 aromatic heterocycles. The molecule has 1 aliphatic carbocycles. The monoisotopic (exact) mass is 412 g/mol. The number of alkyl halides is 1. The molecule has 2 N–H and O–H groups in total. The largest absolute Gasteiger partial charge is 0.508 e. The van der Waals surface area contributed by atoms with Crippen LogP contribution in [0, 0.1) is 18.8 Å². The third kappa shape index (κ3) is 6.38. The van der Waals surface area contributed by atoms with E-state index in [0.29, 0.717) is 18.8 Å². The number of benzene rings is 1. The summed E-state index contributed by atoms with van der Waals surface area (Å²) in [4.78, 5) is 0. The number of unbranched alkanes of at least 4 members (excludes halogenated alkanes) is 1. The van der Waals surface area contributed by atoms with Crippen LogP contribution in [0.4, 0.5) is 0 Å². The van der Waals surface area contributed by atoms with Gasteiger partial charge in [0.25, 0.3) is 0 Å². The SMILES string of the molecule is [CH2-]CC/C=C\C[C@@H]1[C@@H](COc2cccc(O)c2)[C@H](O)C[C@H]1Cl.[Y]. The second-order valence-corrected chi connectivity index (χ2v) is 6.37. The quantitative estimate of drug-likeness (QED) is 0.405. The van der Waals surface area contributed by atoms with Crippen molar-refractivity contribution in [2.75, 3.05) is 6.61 Å². The number of aromatic hydroxyl groups is 1. The summed E-state index contributed by atoms with van der Waals surface area (Å²) in [5.74, 6) is 0.994. The summed E-state index contributed by atoms with van der Waals surface area (Å²) in [6.45, 7) is 4.21. The maximum absolute atomic E-state index is 10.2. The Balaban J connectivity index is 0.00000264. The predicted octanol–water partition coefficient (Wildman–Crippen LogP) is 3.93. The van der Waals surface area contributed by atoms with E-state index in [1.807, 2.05) is 0 Å². The van der Waals surface area contributed by atoms with E-state index < -0.39 is 6.10 Å². The first kappa shape index (κ1) is 21.0. The summed E-state index contributed by atoms with van der Waals surface area (Å²) in [7, 11) is 0. The van der Waals surface area contributed by atoms with Crippen molar-refractivity contribution >= 4 is 11.6 Å². The normalized spacial score (nSPS) is 27.1. The van der Waals surface area contributed by atoms with E-state index in [4.69, 9.17) is 16.3 Å². The Morgan fingerprint density at radius 1 is 1.30 bits per heavy atom. The molecule has 5 heteroatoms. The molecule has 0 bridgehead atoms. The Hall–Kier alpha value is -0.0861. The number of ether oxygens (including phenoxy) is 1. The summed E-state index contributed by atoms with van der Waals surface area (Å²) in [5, 5.41) is 19.6. The molecular formula is C18H24ClO3Y-. The van der Waals surface area contributed by atoms with Crippen molar-refractivity contribution in [2.24, 2.45) is 11.8 Å². The third-order valence-corrected chi connectivity index (χ3v) is 4.68. The standard InChI is InChI=1S/C18H24ClO3.Y/c1-2-3-4-5-9-15-16(18(21)11-17(15)19)12-22-14-8-6-7-13(20)10-14;/h4-8,10,15-18,20-21H,1-3,9,11-12H2;/q-1;/b5-4-;/t15-,16-,17-,18-;/m1./s1. The van der Waals surface area contributed by atoms with Crippen LogP contribution in [-0.2, 0) is 32.7 Å². The van der Waals surface area contributed by atoms with Gasteiger partial charge in [-0.2, -0.15) is 6.42 Å². The zero-order valence-corrected chi connectivity index (χ0v) is 16.9. The first-order valence-corrected chi connectivity index (χ1v) is 8.23. The number of phenols is 1. The van der Waals surface area contributed by atoms with Crippen LogP contribution in [0.25, 0.3) is 0 Å². The van der Waals surface area contributed by atoms with Crippen LogP contribution in [0.3, 0.4) is 0 Å². The average Bonchev–Trinajstić information content (AvgIpc) is 2.75. The van der Waals surface area contributed by atoms with Crippen LogP contribution in [0.5, 0.6) is 11.5 Å². The topological polar surface area (TPSA) is 49.7 Å². The number of hydrogen-bond acceptors (Lipinski definition) is 3. The molecule has 0 spiro atoms. The number of halogens is 1. The maximum atomic E-state index is 10.2. The number of hydrogen-bond donors (Lipinski definition) is 2. The first-order valence-electron chi connectivity index (χ1n) is 7.80. The van der Waals surface area contributed by atoms with Gasteiger partial charge in [0.05, 0.1) is 12.7 Å². The van der Waals surface area contributed by atoms with Gasteiger partial charge in [0.1, 0.15) is 11.5 Å². The van der Waals surface area contributed by atoms with Crippen molar-refractivity contribution in [1.29, 1.82) is 0 Å². The van der Waals surface area contributed by atoms with E-state index >= 15 is 0 Å². The van der Waals surface area contributed by atoms with Gasteiger partial charge in [0, 0.05) is 50.1 Å². The summed E-state index contributed by atoms with van der Waals surface area (Å²) in [5.41, 5.74) is 0. The van der Waals surface area contributed by atoms with Crippen molar-refractivity contribution in [3.63, 3.8) is 0 Å². The maximum Gasteiger partial charge on any atom is 0.122 e. The van der Waals surface area contributed by atoms with Crippen molar-refractivity contribution in [3.8, 4) is 11.5 Å². The van der Waals surface area contributed by atoms with Gasteiger partial charge >= 0.3 is 0 Å². The molecule has 3 nitrogen and oxygen atoms in total. The predicted molar refractivity (Wildman–Crippen MR) is 89.2 cm³/mol. The van der Waals surface area contributed by atoms with Gasteiger partial charge in [0.2, 0.25) is 0 Å².